The molecule has 2 aromatic heterocycles. The van der Waals surface area contributed by atoms with Gasteiger partial charge in [0.25, 0.3) is 0 Å². The molecule has 1 saturated heterocycles. The third-order valence-electron chi connectivity index (χ3n) is 5.04. The number of halogens is 1. The summed E-state index contributed by atoms with van der Waals surface area (Å²) in [6.45, 7) is 6.73. The van der Waals surface area contributed by atoms with Gasteiger partial charge in [0.15, 0.2) is 0 Å². The van der Waals surface area contributed by atoms with Crippen LogP contribution in [-0.2, 0) is 11.8 Å². The summed E-state index contributed by atoms with van der Waals surface area (Å²) in [6.07, 6.45) is 3.44. The lowest BCUT2D eigenvalue weighted by atomic mass is 9.88. The van der Waals surface area contributed by atoms with Gasteiger partial charge in [0.1, 0.15) is 11.4 Å². The summed E-state index contributed by atoms with van der Waals surface area (Å²) in [6, 6.07) is 10.2. The molecule has 3 heterocycles. The first-order chi connectivity index (χ1) is 14.2. The zero-order valence-electron chi connectivity index (χ0n) is 17.6. The molecule has 0 unspecified atom stereocenters. The van der Waals surface area contributed by atoms with E-state index in [1.54, 1.807) is 21.7 Å². The van der Waals surface area contributed by atoms with Crippen molar-refractivity contribution < 1.29 is 13.9 Å². The number of likely N-dealkylation sites (tertiary alicyclic amines) is 1. The maximum absolute atomic E-state index is 13.3. The van der Waals surface area contributed by atoms with Gasteiger partial charge in [-0.2, -0.15) is 5.10 Å². The van der Waals surface area contributed by atoms with Crippen LogP contribution in [0.4, 0.5) is 9.18 Å². The SMILES string of the molecule is Cn1ccc(-c2cc(-c3ccc(F)cc3)ncc2C2CN(C(=O)OC(C)(C)C)C2)n1. The van der Waals surface area contributed by atoms with Crippen LogP contribution in [0.5, 0.6) is 0 Å². The molecule has 1 aliphatic rings. The van der Waals surface area contributed by atoms with Crippen molar-refractivity contribution in [2.24, 2.45) is 7.05 Å². The Morgan fingerprint density at radius 3 is 2.43 bits per heavy atom. The van der Waals surface area contributed by atoms with E-state index in [-0.39, 0.29) is 17.8 Å². The number of carbonyl (C=O) groups is 1. The van der Waals surface area contributed by atoms with Gasteiger partial charge < -0.3 is 9.64 Å². The highest BCUT2D eigenvalue weighted by atomic mass is 19.1. The number of benzene rings is 1. The molecule has 0 spiro atoms. The first-order valence-corrected chi connectivity index (χ1v) is 9.93. The van der Waals surface area contributed by atoms with Crippen LogP contribution in [0, 0.1) is 5.82 Å². The van der Waals surface area contributed by atoms with Crippen molar-refractivity contribution in [3.8, 4) is 22.5 Å². The van der Waals surface area contributed by atoms with E-state index >= 15 is 0 Å². The van der Waals surface area contributed by atoms with E-state index in [4.69, 9.17) is 4.74 Å². The van der Waals surface area contributed by atoms with Crippen molar-refractivity contribution in [3.63, 3.8) is 0 Å². The quantitative estimate of drug-likeness (QED) is 0.634. The molecule has 4 rings (SSSR count). The minimum Gasteiger partial charge on any atom is -0.444 e. The molecular weight excluding hydrogens is 383 g/mol. The molecular formula is C23H25FN4O2. The lowest BCUT2D eigenvalue weighted by Gasteiger charge is -2.40. The number of amides is 1. The van der Waals surface area contributed by atoms with Crippen LogP contribution in [0.1, 0.15) is 32.3 Å². The normalized spacial score (nSPS) is 14.5. The Kier molecular flexibility index (Phi) is 5.05. The molecule has 7 heteroatoms. The van der Waals surface area contributed by atoms with Crippen LogP contribution in [0.15, 0.2) is 48.8 Å². The number of ether oxygens (including phenoxy) is 1. The van der Waals surface area contributed by atoms with Gasteiger partial charge in [-0.05, 0) is 62.7 Å². The summed E-state index contributed by atoms with van der Waals surface area (Å²) >= 11 is 0. The Hall–Kier alpha value is -3.22. The topological polar surface area (TPSA) is 60.2 Å². The Morgan fingerprint density at radius 2 is 1.83 bits per heavy atom. The lowest BCUT2D eigenvalue weighted by molar-refractivity contribution is 0.00820. The van der Waals surface area contributed by atoms with Gasteiger partial charge in [-0.1, -0.05) is 0 Å². The number of aromatic nitrogens is 3. The fourth-order valence-corrected chi connectivity index (χ4v) is 3.50. The van der Waals surface area contributed by atoms with Gasteiger partial charge in [0.2, 0.25) is 0 Å². The molecule has 0 N–H and O–H groups in total. The zero-order chi connectivity index (χ0) is 21.5. The molecule has 6 nitrogen and oxygen atoms in total. The largest absolute Gasteiger partial charge is 0.444 e. The smallest absolute Gasteiger partial charge is 0.410 e. The molecule has 156 valence electrons. The fourth-order valence-electron chi connectivity index (χ4n) is 3.50. The Bertz CT molecular complexity index is 1060. The van der Waals surface area contributed by atoms with Crippen LogP contribution in [0.3, 0.4) is 0 Å². The first-order valence-electron chi connectivity index (χ1n) is 9.93. The van der Waals surface area contributed by atoms with Crippen LogP contribution < -0.4 is 0 Å². The summed E-state index contributed by atoms with van der Waals surface area (Å²) in [5, 5.41) is 4.56. The van der Waals surface area contributed by atoms with Gasteiger partial charge in [-0.15, -0.1) is 0 Å². The van der Waals surface area contributed by atoms with E-state index in [0.29, 0.717) is 13.1 Å². The predicted octanol–water partition coefficient (Wildman–Crippen LogP) is 4.62. The van der Waals surface area contributed by atoms with Crippen LogP contribution in [0.25, 0.3) is 22.5 Å². The Morgan fingerprint density at radius 1 is 1.13 bits per heavy atom. The first kappa shape index (κ1) is 20.1. The molecule has 0 radical (unpaired) electrons. The number of nitrogens with zero attached hydrogens (tertiary/aromatic N) is 4. The summed E-state index contributed by atoms with van der Waals surface area (Å²) < 4.78 is 20.5. The van der Waals surface area contributed by atoms with Crippen LogP contribution in [0.2, 0.25) is 0 Å². The molecule has 0 aliphatic carbocycles. The third-order valence-corrected chi connectivity index (χ3v) is 5.04. The second-order valence-electron chi connectivity index (χ2n) is 8.62. The Labute approximate surface area is 175 Å². The molecule has 0 saturated carbocycles. The second kappa shape index (κ2) is 7.55. The Balaban J connectivity index is 1.62. The monoisotopic (exact) mass is 408 g/mol. The predicted molar refractivity (Wildman–Crippen MR) is 112 cm³/mol. The molecule has 0 bridgehead atoms. The highest BCUT2D eigenvalue weighted by Gasteiger charge is 2.36. The number of rotatable bonds is 3. The highest BCUT2D eigenvalue weighted by Crippen LogP contribution is 2.36. The third kappa shape index (κ3) is 4.20. The van der Waals surface area contributed by atoms with Crippen molar-refractivity contribution in [3.05, 3.63) is 60.2 Å². The summed E-state index contributed by atoms with van der Waals surface area (Å²) in [5.41, 5.74) is 3.93. The average molecular weight is 408 g/mol. The van der Waals surface area contributed by atoms with E-state index in [1.807, 2.05) is 52.3 Å². The lowest BCUT2D eigenvalue weighted by Crippen LogP contribution is -2.50. The van der Waals surface area contributed by atoms with Gasteiger partial charge in [-0.3, -0.25) is 9.67 Å². The van der Waals surface area contributed by atoms with E-state index < -0.39 is 5.60 Å². The van der Waals surface area contributed by atoms with E-state index in [1.165, 1.54) is 12.1 Å². The van der Waals surface area contributed by atoms with Crippen molar-refractivity contribution in [1.82, 2.24) is 19.7 Å². The number of hydrogen-bond donors (Lipinski definition) is 0. The number of hydrogen-bond acceptors (Lipinski definition) is 4. The van der Waals surface area contributed by atoms with Crippen molar-refractivity contribution in [1.29, 1.82) is 0 Å². The molecule has 0 atom stereocenters. The molecule has 1 fully saturated rings. The van der Waals surface area contributed by atoms with Gasteiger partial charge in [0.05, 0.1) is 11.4 Å². The highest BCUT2D eigenvalue weighted by molar-refractivity contribution is 5.73. The molecule has 1 amide bonds. The van der Waals surface area contributed by atoms with Crippen molar-refractivity contribution in [2.45, 2.75) is 32.3 Å². The molecule has 3 aromatic rings. The van der Waals surface area contributed by atoms with E-state index in [9.17, 15) is 9.18 Å². The summed E-state index contributed by atoms with van der Waals surface area (Å²) in [5.74, 6) is -0.124. The minimum absolute atomic E-state index is 0.157. The van der Waals surface area contributed by atoms with E-state index in [0.717, 1.165) is 28.1 Å². The second-order valence-corrected chi connectivity index (χ2v) is 8.62. The van der Waals surface area contributed by atoms with Crippen LogP contribution >= 0.6 is 0 Å². The average Bonchev–Trinajstić information content (AvgIpc) is 3.06. The van der Waals surface area contributed by atoms with Crippen LogP contribution in [-0.4, -0.2) is 44.4 Å². The number of aryl methyl sites for hydroxylation is 1. The van der Waals surface area contributed by atoms with E-state index in [2.05, 4.69) is 10.1 Å². The summed E-state index contributed by atoms with van der Waals surface area (Å²) in [4.78, 5) is 18.6. The number of pyridine rings is 1. The molecule has 30 heavy (non-hydrogen) atoms. The van der Waals surface area contributed by atoms with Gasteiger partial charge in [-0.25, -0.2) is 9.18 Å². The van der Waals surface area contributed by atoms with Gasteiger partial charge >= 0.3 is 6.09 Å². The summed E-state index contributed by atoms with van der Waals surface area (Å²) in [7, 11) is 1.87. The maximum atomic E-state index is 13.3. The molecule has 1 aromatic carbocycles. The zero-order valence-corrected chi connectivity index (χ0v) is 17.6. The maximum Gasteiger partial charge on any atom is 0.410 e. The van der Waals surface area contributed by atoms with Crippen molar-refractivity contribution in [2.75, 3.05) is 13.1 Å². The standard InChI is InChI=1S/C23H25FN4O2/c1-23(2,3)30-22(29)28-13-16(14-28)19-12-25-21(15-5-7-17(24)8-6-15)11-18(19)20-9-10-27(4)26-20/h5-12,16H,13-14H2,1-4H3. The van der Waals surface area contributed by atoms with Crippen molar-refractivity contribution >= 4 is 6.09 Å². The molecule has 1 aliphatic heterocycles. The number of carbonyl (C=O) groups excluding carboxylic acids is 1. The fraction of sp³-hybridized carbons (Fsp3) is 0.348. The minimum atomic E-state index is -0.514. The van der Waals surface area contributed by atoms with Gasteiger partial charge in [0, 0.05) is 49.6 Å².